The number of aromatic nitrogens is 2. The Labute approximate surface area is 135 Å². The van der Waals surface area contributed by atoms with Crippen molar-refractivity contribution in [1.29, 1.82) is 0 Å². The first-order chi connectivity index (χ1) is 10.1. The molecule has 1 unspecified atom stereocenters. The van der Waals surface area contributed by atoms with Gasteiger partial charge in [-0.15, -0.1) is 0 Å². The van der Waals surface area contributed by atoms with E-state index >= 15 is 0 Å². The Morgan fingerprint density at radius 1 is 1.38 bits per heavy atom. The van der Waals surface area contributed by atoms with Crippen molar-refractivity contribution in [1.82, 2.24) is 15.1 Å². The fraction of sp³-hybridized carbons (Fsp3) is 0.400. The SMILES string of the molecule is CCn1ncc(OC)c1C(Cc1ccc(Cl)cc1Cl)NC. The molecule has 0 amide bonds. The maximum Gasteiger partial charge on any atom is 0.161 e. The van der Waals surface area contributed by atoms with Gasteiger partial charge in [-0.05, 0) is 38.1 Å². The number of nitrogens with zero attached hydrogens (tertiary/aromatic N) is 2. The van der Waals surface area contributed by atoms with E-state index < -0.39 is 0 Å². The van der Waals surface area contributed by atoms with Crippen molar-refractivity contribution in [3.63, 3.8) is 0 Å². The van der Waals surface area contributed by atoms with Crippen LogP contribution in [0.25, 0.3) is 0 Å². The number of ether oxygens (including phenoxy) is 1. The van der Waals surface area contributed by atoms with Gasteiger partial charge in [-0.1, -0.05) is 29.3 Å². The van der Waals surface area contributed by atoms with Gasteiger partial charge in [0.2, 0.25) is 0 Å². The van der Waals surface area contributed by atoms with E-state index in [4.69, 9.17) is 27.9 Å². The van der Waals surface area contributed by atoms with E-state index in [2.05, 4.69) is 17.3 Å². The molecule has 0 spiro atoms. The molecular formula is C15H19Cl2N3O. The third-order valence-corrected chi connectivity index (χ3v) is 4.07. The molecule has 2 rings (SSSR count). The summed E-state index contributed by atoms with van der Waals surface area (Å²) in [5.41, 5.74) is 2.06. The highest BCUT2D eigenvalue weighted by atomic mass is 35.5. The van der Waals surface area contributed by atoms with Crippen molar-refractivity contribution in [3.05, 3.63) is 45.7 Å². The number of likely N-dealkylation sites (N-methyl/N-ethyl adjacent to an activating group) is 1. The van der Waals surface area contributed by atoms with E-state index in [9.17, 15) is 0 Å². The lowest BCUT2D eigenvalue weighted by molar-refractivity contribution is 0.394. The van der Waals surface area contributed by atoms with Gasteiger partial charge in [0.1, 0.15) is 0 Å². The third kappa shape index (κ3) is 3.51. The Morgan fingerprint density at radius 2 is 2.14 bits per heavy atom. The first-order valence-electron chi connectivity index (χ1n) is 6.81. The lowest BCUT2D eigenvalue weighted by atomic mass is 10.0. The summed E-state index contributed by atoms with van der Waals surface area (Å²) in [5, 5.41) is 8.97. The second-order valence-electron chi connectivity index (χ2n) is 4.70. The van der Waals surface area contributed by atoms with Crippen LogP contribution in [0.3, 0.4) is 0 Å². The highest BCUT2D eigenvalue weighted by molar-refractivity contribution is 6.35. The minimum Gasteiger partial charge on any atom is -0.493 e. The van der Waals surface area contributed by atoms with Crippen LogP contribution < -0.4 is 10.1 Å². The number of hydrogen-bond donors (Lipinski definition) is 1. The lowest BCUT2D eigenvalue weighted by Gasteiger charge is -2.19. The molecule has 1 heterocycles. The van der Waals surface area contributed by atoms with Crippen LogP contribution in [-0.4, -0.2) is 23.9 Å². The standard InChI is InChI=1S/C15H19Cl2N3O/c1-4-20-15(14(21-3)9-19-20)13(18-2)7-10-5-6-11(16)8-12(10)17/h5-6,8-9,13,18H,4,7H2,1-3H3. The summed E-state index contributed by atoms with van der Waals surface area (Å²) >= 11 is 12.2. The first-order valence-corrected chi connectivity index (χ1v) is 7.57. The summed E-state index contributed by atoms with van der Waals surface area (Å²) in [4.78, 5) is 0. The molecular weight excluding hydrogens is 309 g/mol. The topological polar surface area (TPSA) is 39.1 Å². The quantitative estimate of drug-likeness (QED) is 0.878. The van der Waals surface area contributed by atoms with Crippen molar-refractivity contribution < 1.29 is 4.74 Å². The summed E-state index contributed by atoms with van der Waals surface area (Å²) in [6.45, 7) is 2.84. The highest BCUT2D eigenvalue weighted by Gasteiger charge is 2.21. The average molecular weight is 328 g/mol. The number of hydrogen-bond acceptors (Lipinski definition) is 3. The van der Waals surface area contributed by atoms with Crippen LogP contribution in [0, 0.1) is 0 Å². The number of methoxy groups -OCH3 is 1. The Morgan fingerprint density at radius 3 is 2.71 bits per heavy atom. The second kappa shape index (κ2) is 7.16. The van der Waals surface area contributed by atoms with E-state index in [0.717, 1.165) is 30.0 Å². The Kier molecular flexibility index (Phi) is 5.51. The van der Waals surface area contributed by atoms with E-state index in [1.165, 1.54) is 0 Å². The zero-order valence-electron chi connectivity index (χ0n) is 12.4. The molecule has 21 heavy (non-hydrogen) atoms. The number of rotatable bonds is 6. The number of halogens is 2. The molecule has 0 fully saturated rings. The van der Waals surface area contributed by atoms with Crippen LogP contribution in [0.2, 0.25) is 10.0 Å². The molecule has 1 atom stereocenters. The smallest absolute Gasteiger partial charge is 0.161 e. The summed E-state index contributed by atoms with van der Waals surface area (Å²) in [5.74, 6) is 0.779. The average Bonchev–Trinajstić information content (AvgIpc) is 2.89. The minimum atomic E-state index is 0.0566. The molecule has 0 bridgehead atoms. The van der Waals surface area contributed by atoms with Crippen molar-refractivity contribution in [2.24, 2.45) is 0 Å². The van der Waals surface area contributed by atoms with Gasteiger partial charge in [-0.25, -0.2) is 0 Å². The molecule has 4 nitrogen and oxygen atoms in total. The van der Waals surface area contributed by atoms with Crippen LogP contribution in [0.5, 0.6) is 5.75 Å². The third-order valence-electron chi connectivity index (χ3n) is 3.48. The minimum absolute atomic E-state index is 0.0566. The highest BCUT2D eigenvalue weighted by Crippen LogP contribution is 2.30. The van der Waals surface area contributed by atoms with Crippen molar-refractivity contribution in [2.45, 2.75) is 25.9 Å². The van der Waals surface area contributed by atoms with Gasteiger partial charge in [0.05, 0.1) is 25.0 Å². The molecule has 1 N–H and O–H groups in total. The molecule has 0 aliphatic rings. The number of nitrogens with one attached hydrogen (secondary N) is 1. The van der Waals surface area contributed by atoms with E-state index in [1.54, 1.807) is 19.4 Å². The van der Waals surface area contributed by atoms with Crippen molar-refractivity contribution in [3.8, 4) is 5.75 Å². The van der Waals surface area contributed by atoms with Crippen molar-refractivity contribution in [2.75, 3.05) is 14.2 Å². The molecule has 1 aromatic carbocycles. The van der Waals surface area contributed by atoms with Crippen molar-refractivity contribution >= 4 is 23.2 Å². The summed E-state index contributed by atoms with van der Waals surface area (Å²) < 4.78 is 7.35. The monoisotopic (exact) mass is 327 g/mol. The molecule has 1 aromatic heterocycles. The Balaban J connectivity index is 2.34. The van der Waals surface area contributed by atoms with Gasteiger partial charge in [-0.3, -0.25) is 4.68 Å². The summed E-state index contributed by atoms with van der Waals surface area (Å²) in [6, 6.07) is 5.62. The predicted octanol–water partition coefficient (Wildman–Crippen LogP) is 3.72. The van der Waals surface area contributed by atoms with Gasteiger partial charge >= 0.3 is 0 Å². The largest absolute Gasteiger partial charge is 0.493 e. The van der Waals surface area contributed by atoms with Crippen LogP contribution in [0.1, 0.15) is 24.2 Å². The maximum absolute atomic E-state index is 6.27. The molecule has 0 radical (unpaired) electrons. The fourth-order valence-electron chi connectivity index (χ4n) is 2.38. The first kappa shape index (κ1) is 16.1. The van der Waals surface area contributed by atoms with Gasteiger partial charge in [-0.2, -0.15) is 5.10 Å². The second-order valence-corrected chi connectivity index (χ2v) is 5.54. The molecule has 2 aromatic rings. The predicted molar refractivity (Wildman–Crippen MR) is 86.4 cm³/mol. The summed E-state index contributed by atoms with van der Waals surface area (Å²) in [6.07, 6.45) is 2.47. The van der Waals surface area contributed by atoms with Crippen LogP contribution >= 0.6 is 23.2 Å². The number of aryl methyl sites for hydroxylation is 1. The zero-order chi connectivity index (χ0) is 15.4. The Hall–Kier alpha value is -1.23. The molecule has 114 valence electrons. The van der Waals surface area contributed by atoms with Gasteiger partial charge in [0.15, 0.2) is 5.75 Å². The Bertz CT molecular complexity index is 591. The number of benzene rings is 1. The summed E-state index contributed by atoms with van der Waals surface area (Å²) in [7, 11) is 3.57. The maximum atomic E-state index is 6.27. The molecule has 6 heteroatoms. The van der Waals surface area contributed by atoms with Crippen LogP contribution in [0.15, 0.2) is 24.4 Å². The van der Waals surface area contributed by atoms with E-state index in [1.807, 2.05) is 23.9 Å². The van der Waals surface area contributed by atoms with Crippen LogP contribution in [-0.2, 0) is 13.0 Å². The van der Waals surface area contributed by atoms with Crippen LogP contribution in [0.4, 0.5) is 0 Å². The van der Waals surface area contributed by atoms with Gasteiger partial charge in [0.25, 0.3) is 0 Å². The molecule has 0 saturated carbocycles. The lowest BCUT2D eigenvalue weighted by Crippen LogP contribution is -2.23. The normalized spacial score (nSPS) is 12.4. The molecule has 0 aliphatic heterocycles. The fourth-order valence-corrected chi connectivity index (χ4v) is 2.87. The zero-order valence-corrected chi connectivity index (χ0v) is 13.9. The molecule has 0 aliphatic carbocycles. The van der Waals surface area contributed by atoms with E-state index in [-0.39, 0.29) is 6.04 Å². The van der Waals surface area contributed by atoms with Gasteiger partial charge < -0.3 is 10.1 Å². The van der Waals surface area contributed by atoms with Gasteiger partial charge in [0, 0.05) is 16.6 Å². The van der Waals surface area contributed by atoms with E-state index in [0.29, 0.717) is 10.0 Å². The molecule has 0 saturated heterocycles.